The van der Waals surface area contributed by atoms with Crippen LogP contribution in [0.3, 0.4) is 0 Å². The molecule has 174 valence electrons. The quantitative estimate of drug-likeness (QED) is 0.355. The van der Waals surface area contributed by atoms with Crippen molar-refractivity contribution in [2.24, 2.45) is 10.2 Å². The fourth-order valence-corrected chi connectivity index (χ4v) is 4.59. The minimum absolute atomic E-state index is 0.0175. The summed E-state index contributed by atoms with van der Waals surface area (Å²) in [6.45, 7) is 2.27. The number of nitrogens with two attached hydrogens (primary N) is 1. The predicted octanol–water partition coefficient (Wildman–Crippen LogP) is 3.53. The molecule has 3 aromatic carbocycles. The number of benzene rings is 3. The van der Waals surface area contributed by atoms with E-state index in [1.807, 2.05) is 37.3 Å². The molecule has 0 aliphatic carbocycles. The molecule has 0 bridgehead atoms. The summed E-state index contributed by atoms with van der Waals surface area (Å²) < 4.78 is 22.8. The molecule has 0 atom stereocenters. The molecular formula is C23H20ClN5O3S2. The number of fused-ring (bicyclic) bond motifs is 1. The number of hydrogen-bond donors (Lipinski definition) is 3. The third-order valence-corrected chi connectivity index (χ3v) is 6.47. The zero-order chi connectivity index (χ0) is 24.5. The van der Waals surface area contributed by atoms with Gasteiger partial charge in [-0.2, -0.15) is 5.10 Å². The summed E-state index contributed by atoms with van der Waals surface area (Å²) in [6.07, 6.45) is 0. The van der Waals surface area contributed by atoms with Gasteiger partial charge in [0.05, 0.1) is 17.1 Å². The molecule has 34 heavy (non-hydrogen) atoms. The number of nitrogens with one attached hydrogen (secondary N) is 2. The number of carbonyl (C=O) groups is 1. The Hall–Kier alpha value is -3.31. The first-order chi connectivity index (χ1) is 16.1. The Kier molecular flexibility index (Phi) is 6.67. The van der Waals surface area contributed by atoms with Crippen LogP contribution in [0.15, 0.2) is 76.7 Å². The van der Waals surface area contributed by atoms with Crippen molar-refractivity contribution in [2.45, 2.75) is 18.4 Å². The second kappa shape index (κ2) is 9.51. The molecule has 1 aliphatic heterocycles. The summed E-state index contributed by atoms with van der Waals surface area (Å²) in [5.41, 5.74) is 6.58. The average molecular weight is 514 g/mol. The molecular weight excluding hydrogens is 494 g/mol. The minimum atomic E-state index is -3.79. The SMILES string of the molecule is Cc1cc(Cl)cc2c1N(Cc1ccccc1)C(=O)C2=NNC(=S)Nc1ccc(S(N)(=O)=O)cc1. The van der Waals surface area contributed by atoms with Gasteiger partial charge in [-0.15, -0.1) is 0 Å². The highest BCUT2D eigenvalue weighted by Gasteiger charge is 2.36. The van der Waals surface area contributed by atoms with Gasteiger partial charge in [-0.3, -0.25) is 10.2 Å². The highest BCUT2D eigenvalue weighted by Crippen LogP contribution is 2.36. The Balaban J connectivity index is 1.57. The molecule has 0 unspecified atom stereocenters. The minimum Gasteiger partial charge on any atom is -0.331 e. The summed E-state index contributed by atoms with van der Waals surface area (Å²) in [7, 11) is -3.79. The van der Waals surface area contributed by atoms with Crippen LogP contribution in [0.5, 0.6) is 0 Å². The van der Waals surface area contributed by atoms with Crippen molar-refractivity contribution in [1.82, 2.24) is 5.43 Å². The Morgan fingerprint density at radius 2 is 1.79 bits per heavy atom. The highest BCUT2D eigenvalue weighted by molar-refractivity contribution is 7.89. The number of halogens is 1. The fourth-order valence-electron chi connectivity index (χ4n) is 3.64. The first kappa shape index (κ1) is 23.8. The average Bonchev–Trinajstić information content (AvgIpc) is 3.03. The van der Waals surface area contributed by atoms with Crippen molar-refractivity contribution >= 4 is 61.9 Å². The van der Waals surface area contributed by atoms with Gasteiger partial charge in [0.25, 0.3) is 5.91 Å². The first-order valence-electron chi connectivity index (χ1n) is 10.1. The van der Waals surface area contributed by atoms with Crippen molar-refractivity contribution in [3.63, 3.8) is 0 Å². The predicted molar refractivity (Wildman–Crippen MR) is 138 cm³/mol. The lowest BCUT2D eigenvalue weighted by Gasteiger charge is -2.19. The van der Waals surface area contributed by atoms with E-state index in [4.69, 9.17) is 29.0 Å². The van der Waals surface area contributed by atoms with E-state index in [1.165, 1.54) is 24.3 Å². The van der Waals surface area contributed by atoms with Crippen molar-refractivity contribution in [2.75, 3.05) is 10.2 Å². The lowest BCUT2D eigenvalue weighted by atomic mass is 10.1. The molecule has 1 heterocycles. The van der Waals surface area contributed by atoms with Gasteiger partial charge >= 0.3 is 0 Å². The number of hydrogen-bond acceptors (Lipinski definition) is 5. The zero-order valence-corrected chi connectivity index (χ0v) is 20.3. The van der Waals surface area contributed by atoms with Crippen molar-refractivity contribution in [3.05, 3.63) is 88.4 Å². The molecule has 1 aliphatic rings. The smallest absolute Gasteiger partial charge is 0.279 e. The van der Waals surface area contributed by atoms with Gasteiger partial charge in [0.15, 0.2) is 10.8 Å². The lowest BCUT2D eigenvalue weighted by Crippen LogP contribution is -2.32. The van der Waals surface area contributed by atoms with E-state index in [0.29, 0.717) is 22.8 Å². The van der Waals surface area contributed by atoms with Crippen LogP contribution in [0.1, 0.15) is 16.7 Å². The third-order valence-electron chi connectivity index (χ3n) is 5.13. The topological polar surface area (TPSA) is 117 Å². The normalized spacial score (nSPS) is 14.3. The van der Waals surface area contributed by atoms with Gasteiger partial charge in [0.2, 0.25) is 10.0 Å². The number of hydrazone groups is 1. The molecule has 0 spiro atoms. The monoisotopic (exact) mass is 513 g/mol. The Bertz CT molecular complexity index is 1410. The molecule has 8 nitrogen and oxygen atoms in total. The van der Waals surface area contributed by atoms with E-state index < -0.39 is 10.0 Å². The van der Waals surface area contributed by atoms with Gasteiger partial charge < -0.3 is 10.2 Å². The summed E-state index contributed by atoms with van der Waals surface area (Å²) >= 11 is 11.5. The number of nitrogens with zero attached hydrogens (tertiary/aromatic N) is 2. The maximum absolute atomic E-state index is 13.3. The number of anilines is 2. The second-order valence-corrected chi connectivity index (χ2v) is 10.00. The van der Waals surface area contributed by atoms with Crippen LogP contribution in [-0.4, -0.2) is 25.1 Å². The lowest BCUT2D eigenvalue weighted by molar-refractivity contribution is -0.112. The van der Waals surface area contributed by atoms with Gasteiger partial charge in [-0.25, -0.2) is 13.6 Å². The van der Waals surface area contributed by atoms with Crippen LogP contribution in [0.25, 0.3) is 0 Å². The summed E-state index contributed by atoms with van der Waals surface area (Å²) in [4.78, 5) is 15.0. The van der Waals surface area contributed by atoms with Crippen molar-refractivity contribution in [1.29, 1.82) is 0 Å². The van der Waals surface area contributed by atoms with Crippen molar-refractivity contribution in [3.8, 4) is 0 Å². The Morgan fingerprint density at radius 3 is 2.44 bits per heavy atom. The van der Waals surface area contributed by atoms with Crippen LogP contribution in [0.4, 0.5) is 11.4 Å². The number of sulfonamides is 1. The largest absolute Gasteiger partial charge is 0.331 e. The van der Waals surface area contributed by atoms with Gasteiger partial charge in [0, 0.05) is 16.3 Å². The van der Waals surface area contributed by atoms with Gasteiger partial charge in [-0.1, -0.05) is 41.9 Å². The summed E-state index contributed by atoms with van der Waals surface area (Å²) in [6, 6.07) is 18.9. The third kappa shape index (κ3) is 5.10. The van der Waals surface area contributed by atoms with Crippen LogP contribution in [0, 0.1) is 6.92 Å². The molecule has 0 saturated carbocycles. The van der Waals surface area contributed by atoms with Gasteiger partial charge in [0.1, 0.15) is 0 Å². The molecule has 0 fully saturated rings. The number of amides is 1. The molecule has 11 heteroatoms. The number of aryl methyl sites for hydroxylation is 1. The molecule has 0 aromatic heterocycles. The molecule has 4 rings (SSSR count). The van der Waals surface area contributed by atoms with E-state index in [9.17, 15) is 13.2 Å². The molecule has 4 N–H and O–H groups in total. The molecule has 0 radical (unpaired) electrons. The molecule has 1 amide bonds. The van der Waals surface area contributed by atoms with E-state index in [-0.39, 0.29) is 21.6 Å². The molecule has 3 aromatic rings. The Morgan fingerprint density at radius 1 is 1.12 bits per heavy atom. The number of primary sulfonamides is 1. The van der Waals surface area contributed by atoms with Crippen LogP contribution < -0.4 is 20.8 Å². The van der Waals surface area contributed by atoms with Gasteiger partial charge in [-0.05, 0) is 66.7 Å². The highest BCUT2D eigenvalue weighted by atomic mass is 35.5. The van der Waals surface area contributed by atoms with Crippen molar-refractivity contribution < 1.29 is 13.2 Å². The molecule has 0 saturated heterocycles. The summed E-state index contributed by atoms with van der Waals surface area (Å²) in [5, 5.41) is 12.9. The maximum Gasteiger partial charge on any atom is 0.279 e. The van der Waals surface area contributed by atoms with Crippen LogP contribution in [0.2, 0.25) is 5.02 Å². The zero-order valence-electron chi connectivity index (χ0n) is 17.9. The van der Waals surface area contributed by atoms with E-state index >= 15 is 0 Å². The second-order valence-electron chi connectivity index (χ2n) is 7.59. The standard InChI is InChI=1S/C23H20ClN5O3S2/c1-14-11-16(24)12-19-20(22(30)29(21(14)19)13-15-5-3-2-4-6-15)27-28-23(33)26-17-7-9-18(10-8-17)34(25,31)32/h2-12H,13H2,1H3,(H2,25,31,32)(H2,26,28,33). The van der Waals surface area contributed by atoms with Crippen LogP contribution in [-0.2, 0) is 21.4 Å². The number of carbonyl (C=O) groups excluding carboxylic acids is 1. The summed E-state index contributed by atoms with van der Waals surface area (Å²) in [5.74, 6) is -0.281. The van der Waals surface area contributed by atoms with E-state index in [1.54, 1.807) is 17.0 Å². The van der Waals surface area contributed by atoms with E-state index in [2.05, 4.69) is 15.8 Å². The fraction of sp³-hybridized carbons (Fsp3) is 0.0870. The number of thiocarbonyl (C=S) groups is 1. The first-order valence-corrected chi connectivity index (χ1v) is 12.4. The Labute approximate surface area is 207 Å². The number of rotatable bonds is 5. The van der Waals surface area contributed by atoms with E-state index in [0.717, 1.165) is 16.8 Å². The maximum atomic E-state index is 13.3. The van der Waals surface area contributed by atoms with Crippen LogP contribution >= 0.6 is 23.8 Å².